The van der Waals surface area contributed by atoms with Gasteiger partial charge in [-0.15, -0.1) is 0 Å². The number of rotatable bonds is 1. The van der Waals surface area contributed by atoms with E-state index in [1.165, 1.54) is 0 Å². The van der Waals surface area contributed by atoms with E-state index in [-0.39, 0.29) is 0 Å². The summed E-state index contributed by atoms with van der Waals surface area (Å²) in [4.78, 5) is 10.5. The largest absolute Gasteiger partial charge is 0.480 e. The Morgan fingerprint density at radius 3 is 2.70 bits per heavy atom. The van der Waals surface area contributed by atoms with Gasteiger partial charge in [0, 0.05) is 0 Å². The number of hydrogen-bond donors (Lipinski definition) is 2. The van der Waals surface area contributed by atoms with Crippen molar-refractivity contribution in [1.82, 2.24) is 0 Å². The van der Waals surface area contributed by atoms with E-state index >= 15 is 0 Å². The van der Waals surface area contributed by atoms with Crippen LogP contribution < -0.4 is 5.73 Å². The first-order valence-electron chi connectivity index (χ1n) is 3.35. The molecule has 1 unspecified atom stereocenters. The third-order valence-corrected chi connectivity index (χ3v) is 1.77. The van der Waals surface area contributed by atoms with Crippen molar-refractivity contribution in [2.24, 2.45) is 5.73 Å². The first-order chi connectivity index (χ1) is 4.65. The van der Waals surface area contributed by atoms with Crippen LogP contribution in [0.5, 0.6) is 0 Å². The molecule has 0 saturated heterocycles. The second-order valence-electron chi connectivity index (χ2n) is 2.64. The SMILES string of the molecule is NC1(C(=O)O)C=CCCC1. The van der Waals surface area contributed by atoms with Crippen molar-refractivity contribution in [1.29, 1.82) is 0 Å². The molecule has 1 rings (SSSR count). The molecular weight excluding hydrogens is 130 g/mol. The Kier molecular flexibility index (Phi) is 1.76. The Morgan fingerprint density at radius 2 is 2.40 bits per heavy atom. The Morgan fingerprint density at radius 1 is 1.70 bits per heavy atom. The normalized spacial score (nSPS) is 32.1. The van der Waals surface area contributed by atoms with Crippen molar-refractivity contribution >= 4 is 5.97 Å². The first kappa shape index (κ1) is 7.28. The van der Waals surface area contributed by atoms with Crippen LogP contribution in [0.2, 0.25) is 0 Å². The molecule has 0 aromatic carbocycles. The molecular formula is C7H11NO2. The molecule has 0 amide bonds. The summed E-state index contributed by atoms with van der Waals surface area (Å²) in [5.41, 5.74) is 4.43. The molecule has 0 radical (unpaired) electrons. The molecule has 3 nitrogen and oxygen atoms in total. The second-order valence-corrected chi connectivity index (χ2v) is 2.64. The summed E-state index contributed by atoms with van der Waals surface area (Å²) < 4.78 is 0. The summed E-state index contributed by atoms with van der Waals surface area (Å²) in [5.74, 6) is -0.927. The van der Waals surface area contributed by atoms with E-state index in [0.29, 0.717) is 6.42 Å². The maximum absolute atomic E-state index is 10.5. The minimum absolute atomic E-state index is 0.554. The molecule has 0 fully saturated rings. The van der Waals surface area contributed by atoms with Crippen LogP contribution in [0, 0.1) is 0 Å². The number of carboxylic acids is 1. The fraction of sp³-hybridized carbons (Fsp3) is 0.571. The maximum atomic E-state index is 10.5. The Labute approximate surface area is 59.5 Å². The number of carboxylic acid groups (broad SMARTS) is 1. The first-order valence-corrected chi connectivity index (χ1v) is 3.35. The lowest BCUT2D eigenvalue weighted by Crippen LogP contribution is -2.46. The zero-order chi connectivity index (χ0) is 7.61. The van der Waals surface area contributed by atoms with E-state index in [2.05, 4.69) is 0 Å². The van der Waals surface area contributed by atoms with Gasteiger partial charge in [-0.1, -0.05) is 12.2 Å². The Bertz CT molecular complexity index is 176. The van der Waals surface area contributed by atoms with Gasteiger partial charge < -0.3 is 10.8 Å². The Hall–Kier alpha value is -0.830. The van der Waals surface area contributed by atoms with Crippen LogP contribution in [0.3, 0.4) is 0 Å². The highest BCUT2D eigenvalue weighted by Crippen LogP contribution is 2.19. The third-order valence-electron chi connectivity index (χ3n) is 1.77. The van der Waals surface area contributed by atoms with Crippen molar-refractivity contribution < 1.29 is 9.90 Å². The van der Waals surface area contributed by atoms with Crippen molar-refractivity contribution in [3.63, 3.8) is 0 Å². The lowest BCUT2D eigenvalue weighted by Gasteiger charge is -2.23. The van der Waals surface area contributed by atoms with Gasteiger partial charge in [0.2, 0.25) is 0 Å². The number of hydrogen-bond acceptors (Lipinski definition) is 2. The number of nitrogens with two attached hydrogens (primary N) is 1. The molecule has 0 bridgehead atoms. The molecule has 56 valence electrons. The molecule has 3 N–H and O–H groups in total. The smallest absolute Gasteiger partial charge is 0.327 e. The van der Waals surface area contributed by atoms with Crippen molar-refractivity contribution in [2.75, 3.05) is 0 Å². The second kappa shape index (κ2) is 2.42. The van der Waals surface area contributed by atoms with Gasteiger partial charge in [0.05, 0.1) is 0 Å². The molecule has 1 atom stereocenters. The number of allylic oxidation sites excluding steroid dienone is 1. The number of aliphatic carboxylic acids is 1. The molecule has 1 aliphatic rings. The van der Waals surface area contributed by atoms with E-state index in [1.807, 2.05) is 6.08 Å². The van der Waals surface area contributed by atoms with Crippen molar-refractivity contribution in [2.45, 2.75) is 24.8 Å². The van der Waals surface area contributed by atoms with Gasteiger partial charge in [0.15, 0.2) is 0 Å². The molecule has 1 aliphatic carbocycles. The average molecular weight is 141 g/mol. The molecule has 0 spiro atoms. The van der Waals surface area contributed by atoms with Gasteiger partial charge in [-0.2, -0.15) is 0 Å². The van der Waals surface area contributed by atoms with Gasteiger partial charge in [0.1, 0.15) is 5.54 Å². The van der Waals surface area contributed by atoms with Gasteiger partial charge in [-0.05, 0) is 19.3 Å². The highest BCUT2D eigenvalue weighted by molar-refractivity contribution is 5.81. The number of carbonyl (C=O) groups is 1. The lowest BCUT2D eigenvalue weighted by molar-refractivity contribution is -0.141. The summed E-state index contributed by atoms with van der Waals surface area (Å²) >= 11 is 0. The van der Waals surface area contributed by atoms with E-state index < -0.39 is 11.5 Å². The highest BCUT2D eigenvalue weighted by Gasteiger charge is 2.31. The fourth-order valence-corrected chi connectivity index (χ4v) is 1.07. The summed E-state index contributed by atoms with van der Waals surface area (Å²) in [7, 11) is 0. The average Bonchev–Trinajstić information content (AvgIpc) is 1.89. The van der Waals surface area contributed by atoms with Crippen LogP contribution in [-0.4, -0.2) is 16.6 Å². The highest BCUT2D eigenvalue weighted by atomic mass is 16.4. The van der Waals surface area contributed by atoms with E-state index in [0.717, 1.165) is 12.8 Å². The minimum Gasteiger partial charge on any atom is -0.480 e. The van der Waals surface area contributed by atoms with Gasteiger partial charge >= 0.3 is 5.97 Å². The van der Waals surface area contributed by atoms with E-state index in [1.54, 1.807) is 6.08 Å². The van der Waals surface area contributed by atoms with Crippen LogP contribution in [0.15, 0.2) is 12.2 Å². The molecule has 0 saturated carbocycles. The van der Waals surface area contributed by atoms with Gasteiger partial charge in [-0.3, -0.25) is 0 Å². The molecule has 0 aromatic rings. The van der Waals surface area contributed by atoms with Gasteiger partial charge in [0.25, 0.3) is 0 Å². The van der Waals surface area contributed by atoms with Crippen LogP contribution in [0.4, 0.5) is 0 Å². The minimum atomic E-state index is -1.09. The molecule has 0 aliphatic heterocycles. The molecule has 3 heteroatoms. The van der Waals surface area contributed by atoms with Crippen molar-refractivity contribution in [3.05, 3.63) is 12.2 Å². The summed E-state index contributed by atoms with van der Waals surface area (Å²) in [6.07, 6.45) is 5.79. The third kappa shape index (κ3) is 1.19. The van der Waals surface area contributed by atoms with Crippen LogP contribution in [0.25, 0.3) is 0 Å². The lowest BCUT2D eigenvalue weighted by atomic mass is 9.89. The quantitative estimate of drug-likeness (QED) is 0.523. The van der Waals surface area contributed by atoms with Crippen molar-refractivity contribution in [3.8, 4) is 0 Å². The van der Waals surface area contributed by atoms with Crippen LogP contribution in [0.1, 0.15) is 19.3 Å². The fourth-order valence-electron chi connectivity index (χ4n) is 1.07. The summed E-state index contributed by atoms with van der Waals surface area (Å²) in [5, 5.41) is 8.62. The topological polar surface area (TPSA) is 63.3 Å². The van der Waals surface area contributed by atoms with Crippen LogP contribution in [-0.2, 0) is 4.79 Å². The Balaban J connectivity index is 2.75. The van der Waals surface area contributed by atoms with E-state index in [9.17, 15) is 4.79 Å². The molecule has 0 aromatic heterocycles. The van der Waals surface area contributed by atoms with Gasteiger partial charge in [-0.25, -0.2) is 4.79 Å². The molecule has 0 heterocycles. The summed E-state index contributed by atoms with van der Waals surface area (Å²) in [6, 6.07) is 0. The summed E-state index contributed by atoms with van der Waals surface area (Å²) in [6.45, 7) is 0. The monoisotopic (exact) mass is 141 g/mol. The maximum Gasteiger partial charge on any atom is 0.327 e. The zero-order valence-corrected chi connectivity index (χ0v) is 5.71. The predicted molar refractivity (Wildman–Crippen MR) is 37.5 cm³/mol. The predicted octanol–water partition coefficient (Wildman–Crippen LogP) is 0.509. The molecule has 10 heavy (non-hydrogen) atoms. The van der Waals surface area contributed by atoms with E-state index in [4.69, 9.17) is 10.8 Å². The van der Waals surface area contributed by atoms with Crippen LogP contribution >= 0.6 is 0 Å². The zero-order valence-electron chi connectivity index (χ0n) is 5.71. The standard InChI is InChI=1S/C7H11NO2/c8-7(6(9)10)4-2-1-3-5-7/h2,4H,1,3,5,8H2,(H,9,10).